The molecule has 1 saturated carbocycles. The van der Waals surface area contributed by atoms with Crippen molar-refractivity contribution in [2.24, 2.45) is 11.8 Å². The quantitative estimate of drug-likeness (QED) is 0.873. The first-order chi connectivity index (χ1) is 11.5. The van der Waals surface area contributed by atoms with Gasteiger partial charge in [0.2, 0.25) is 11.8 Å². The predicted octanol–water partition coefficient (Wildman–Crippen LogP) is 3.01. The van der Waals surface area contributed by atoms with Crippen molar-refractivity contribution in [1.29, 1.82) is 0 Å². The number of likely N-dealkylation sites (tertiary alicyclic amines) is 1. The number of nitrogens with zero attached hydrogens (tertiary/aromatic N) is 1. The number of benzene rings is 1. The van der Waals surface area contributed by atoms with E-state index in [0.29, 0.717) is 6.54 Å². The fourth-order valence-electron chi connectivity index (χ4n) is 3.10. The highest BCUT2D eigenvalue weighted by Gasteiger charge is 2.30. The Morgan fingerprint density at radius 3 is 2.33 bits per heavy atom. The maximum Gasteiger partial charge on any atom is 0.238 e. The topological polar surface area (TPSA) is 61.4 Å². The van der Waals surface area contributed by atoms with Crippen LogP contribution in [0.5, 0.6) is 0 Å². The van der Waals surface area contributed by atoms with E-state index in [1.807, 2.05) is 25.1 Å². The van der Waals surface area contributed by atoms with Crippen LogP contribution >= 0.6 is 0 Å². The van der Waals surface area contributed by atoms with Crippen LogP contribution in [0.4, 0.5) is 11.4 Å². The lowest BCUT2D eigenvalue weighted by atomic mass is 9.99. The maximum absolute atomic E-state index is 12.3. The summed E-state index contributed by atoms with van der Waals surface area (Å²) < 4.78 is 0. The average molecular weight is 329 g/mol. The highest BCUT2D eigenvalue weighted by molar-refractivity contribution is 5.97. The molecule has 2 amide bonds. The van der Waals surface area contributed by atoms with Gasteiger partial charge in [0, 0.05) is 17.3 Å². The lowest BCUT2D eigenvalue weighted by molar-refractivity contribution is -0.118. The normalized spacial score (nSPS) is 19.1. The Bertz CT molecular complexity index is 617. The molecule has 2 fully saturated rings. The molecule has 1 saturated heterocycles. The number of hydrogen-bond donors (Lipinski definition) is 2. The van der Waals surface area contributed by atoms with Crippen LogP contribution in [0.2, 0.25) is 0 Å². The van der Waals surface area contributed by atoms with Gasteiger partial charge in [-0.05, 0) is 69.3 Å². The van der Waals surface area contributed by atoms with E-state index in [4.69, 9.17) is 0 Å². The molecule has 2 N–H and O–H groups in total. The molecule has 1 aromatic rings. The van der Waals surface area contributed by atoms with Gasteiger partial charge in [0.25, 0.3) is 0 Å². The van der Waals surface area contributed by atoms with Gasteiger partial charge in [0.1, 0.15) is 0 Å². The third-order valence-corrected chi connectivity index (χ3v) is 5.06. The minimum atomic E-state index is 0.0123. The van der Waals surface area contributed by atoms with Gasteiger partial charge in [0.05, 0.1) is 6.54 Å². The first kappa shape index (κ1) is 17.0. The predicted molar refractivity (Wildman–Crippen MR) is 96.0 cm³/mol. The van der Waals surface area contributed by atoms with Gasteiger partial charge < -0.3 is 10.6 Å². The van der Waals surface area contributed by atoms with E-state index < -0.39 is 0 Å². The lowest BCUT2D eigenvalue weighted by Crippen LogP contribution is -2.38. The molecular formula is C19H27N3O2. The molecule has 0 unspecified atom stereocenters. The number of rotatable bonds is 5. The SMILES string of the molecule is Cc1c(NC(=O)CN2CCC(C)CC2)cccc1NC(=O)C1CC1. The zero-order chi connectivity index (χ0) is 17.1. The molecule has 0 bridgehead atoms. The van der Waals surface area contributed by atoms with Crippen LogP contribution in [0.15, 0.2) is 18.2 Å². The second-order valence-corrected chi connectivity index (χ2v) is 7.25. The summed E-state index contributed by atoms with van der Waals surface area (Å²) in [6.45, 7) is 6.61. The lowest BCUT2D eigenvalue weighted by Gasteiger charge is -2.29. The van der Waals surface area contributed by atoms with Crippen molar-refractivity contribution >= 4 is 23.2 Å². The molecule has 2 aliphatic rings. The Labute approximate surface area is 143 Å². The number of carbonyl (C=O) groups excluding carboxylic acids is 2. The summed E-state index contributed by atoms with van der Waals surface area (Å²) in [5.41, 5.74) is 2.47. The van der Waals surface area contributed by atoms with Crippen molar-refractivity contribution in [3.05, 3.63) is 23.8 Å². The Morgan fingerprint density at radius 1 is 1.08 bits per heavy atom. The number of nitrogens with one attached hydrogen (secondary N) is 2. The van der Waals surface area contributed by atoms with Crippen molar-refractivity contribution in [1.82, 2.24) is 4.90 Å². The first-order valence-electron chi connectivity index (χ1n) is 8.95. The van der Waals surface area contributed by atoms with Crippen LogP contribution in [0.25, 0.3) is 0 Å². The minimum absolute atomic E-state index is 0.0123. The van der Waals surface area contributed by atoms with E-state index in [1.165, 1.54) is 0 Å². The molecule has 24 heavy (non-hydrogen) atoms. The Morgan fingerprint density at radius 2 is 1.71 bits per heavy atom. The molecule has 0 spiro atoms. The molecule has 1 heterocycles. The largest absolute Gasteiger partial charge is 0.326 e. The first-order valence-corrected chi connectivity index (χ1v) is 8.95. The highest BCUT2D eigenvalue weighted by Crippen LogP contribution is 2.31. The number of carbonyl (C=O) groups is 2. The highest BCUT2D eigenvalue weighted by atomic mass is 16.2. The average Bonchev–Trinajstić information content (AvgIpc) is 3.38. The van der Waals surface area contributed by atoms with Crippen molar-refractivity contribution in [3.8, 4) is 0 Å². The second-order valence-electron chi connectivity index (χ2n) is 7.25. The molecule has 130 valence electrons. The van der Waals surface area contributed by atoms with Crippen LogP contribution in [-0.2, 0) is 9.59 Å². The Kier molecular flexibility index (Phi) is 5.19. The van der Waals surface area contributed by atoms with E-state index in [2.05, 4.69) is 22.5 Å². The fraction of sp³-hybridized carbons (Fsp3) is 0.579. The third kappa shape index (κ3) is 4.35. The van der Waals surface area contributed by atoms with Crippen LogP contribution < -0.4 is 10.6 Å². The van der Waals surface area contributed by atoms with Crippen LogP contribution in [0.1, 0.15) is 38.2 Å². The van der Waals surface area contributed by atoms with Crippen LogP contribution in [0, 0.1) is 18.8 Å². The van der Waals surface area contributed by atoms with Gasteiger partial charge in [-0.1, -0.05) is 13.0 Å². The van der Waals surface area contributed by atoms with Gasteiger partial charge in [-0.15, -0.1) is 0 Å². The second kappa shape index (κ2) is 7.34. The summed E-state index contributed by atoms with van der Waals surface area (Å²) in [4.78, 5) is 26.5. The summed E-state index contributed by atoms with van der Waals surface area (Å²) in [7, 11) is 0. The van der Waals surface area contributed by atoms with Gasteiger partial charge in [0.15, 0.2) is 0 Å². The monoisotopic (exact) mass is 329 g/mol. The van der Waals surface area contributed by atoms with Crippen LogP contribution in [0.3, 0.4) is 0 Å². The van der Waals surface area contributed by atoms with E-state index in [9.17, 15) is 9.59 Å². The number of amides is 2. The zero-order valence-corrected chi connectivity index (χ0v) is 14.6. The minimum Gasteiger partial charge on any atom is -0.326 e. The van der Waals surface area contributed by atoms with Crippen molar-refractivity contribution in [3.63, 3.8) is 0 Å². The van der Waals surface area contributed by atoms with E-state index >= 15 is 0 Å². The van der Waals surface area contributed by atoms with E-state index in [0.717, 1.165) is 61.6 Å². The zero-order valence-electron chi connectivity index (χ0n) is 14.6. The van der Waals surface area contributed by atoms with E-state index in [1.54, 1.807) is 0 Å². The number of anilines is 2. The smallest absolute Gasteiger partial charge is 0.238 e. The summed E-state index contributed by atoms with van der Waals surface area (Å²) in [5.74, 6) is 1.03. The van der Waals surface area contributed by atoms with Crippen molar-refractivity contribution < 1.29 is 9.59 Å². The summed E-state index contributed by atoms with van der Waals surface area (Å²) in [5, 5.41) is 5.97. The van der Waals surface area contributed by atoms with Gasteiger partial charge in [-0.25, -0.2) is 0 Å². The fourth-order valence-corrected chi connectivity index (χ4v) is 3.10. The molecule has 3 rings (SSSR count). The molecule has 1 aliphatic carbocycles. The number of hydrogen-bond acceptors (Lipinski definition) is 3. The summed E-state index contributed by atoms with van der Waals surface area (Å²) in [6.07, 6.45) is 4.29. The molecule has 0 atom stereocenters. The molecule has 1 aromatic carbocycles. The summed E-state index contributed by atoms with van der Waals surface area (Å²) >= 11 is 0. The van der Waals surface area contributed by atoms with Crippen molar-refractivity contribution in [2.75, 3.05) is 30.3 Å². The summed E-state index contributed by atoms with van der Waals surface area (Å²) in [6, 6.07) is 5.64. The van der Waals surface area contributed by atoms with E-state index in [-0.39, 0.29) is 17.7 Å². The van der Waals surface area contributed by atoms with Gasteiger partial charge >= 0.3 is 0 Å². The maximum atomic E-state index is 12.3. The molecule has 5 nitrogen and oxygen atoms in total. The Balaban J connectivity index is 1.57. The molecule has 1 aliphatic heterocycles. The Hall–Kier alpha value is -1.88. The molecular weight excluding hydrogens is 302 g/mol. The van der Waals surface area contributed by atoms with Gasteiger partial charge in [-0.2, -0.15) is 0 Å². The number of piperidine rings is 1. The molecule has 0 radical (unpaired) electrons. The standard InChI is InChI=1S/C19H27N3O2/c1-13-8-10-22(11-9-13)12-18(23)20-16-4-3-5-17(14(16)2)21-19(24)15-6-7-15/h3-5,13,15H,6-12H2,1-2H3,(H,20,23)(H,21,24). The molecule has 0 aromatic heterocycles. The van der Waals surface area contributed by atoms with Crippen LogP contribution in [-0.4, -0.2) is 36.3 Å². The van der Waals surface area contributed by atoms with Crippen molar-refractivity contribution in [2.45, 2.75) is 39.5 Å². The molecule has 5 heteroatoms. The third-order valence-electron chi connectivity index (χ3n) is 5.06. The van der Waals surface area contributed by atoms with Gasteiger partial charge in [-0.3, -0.25) is 14.5 Å².